The summed E-state index contributed by atoms with van der Waals surface area (Å²) in [5.74, 6) is 1.44. The third-order valence-corrected chi connectivity index (χ3v) is 1.99. The van der Waals surface area contributed by atoms with Gasteiger partial charge in [0.25, 0.3) is 0 Å². The monoisotopic (exact) mass is 230 g/mol. The molecule has 0 radical (unpaired) electrons. The molecule has 0 atom stereocenters. The van der Waals surface area contributed by atoms with Crippen molar-refractivity contribution < 1.29 is 4.74 Å². The summed E-state index contributed by atoms with van der Waals surface area (Å²) in [6.07, 6.45) is 0. The second-order valence-electron chi connectivity index (χ2n) is 2.16. The lowest BCUT2D eigenvalue weighted by molar-refractivity contribution is 0.327. The minimum Gasteiger partial charge on any atom is -0.478 e. The number of hydrogen-bond acceptors (Lipinski definition) is 3. The Kier molecular flexibility index (Phi) is 3.34. The van der Waals surface area contributed by atoms with Gasteiger partial charge in [-0.3, -0.25) is 0 Å². The van der Waals surface area contributed by atoms with E-state index >= 15 is 0 Å². The zero-order valence-electron chi connectivity index (χ0n) is 7.10. The van der Waals surface area contributed by atoms with Gasteiger partial charge in [0.05, 0.1) is 11.1 Å². The number of anilines is 1. The maximum absolute atomic E-state index is 5.23. The lowest BCUT2D eigenvalue weighted by Gasteiger charge is -2.05. The highest BCUT2D eigenvalue weighted by Crippen LogP contribution is 2.22. The molecule has 0 saturated heterocycles. The topological polar surface area (TPSA) is 34.1 Å². The van der Waals surface area contributed by atoms with Crippen LogP contribution in [0.2, 0.25) is 0 Å². The molecule has 0 aliphatic carbocycles. The van der Waals surface area contributed by atoms with Crippen molar-refractivity contribution in [2.24, 2.45) is 0 Å². The molecule has 1 aromatic rings. The lowest BCUT2D eigenvalue weighted by Crippen LogP contribution is -1.98. The van der Waals surface area contributed by atoms with Gasteiger partial charge in [0.2, 0.25) is 5.88 Å². The summed E-state index contributed by atoms with van der Waals surface area (Å²) >= 11 is 3.36. The molecule has 0 spiro atoms. The van der Waals surface area contributed by atoms with Gasteiger partial charge < -0.3 is 10.1 Å². The number of halogens is 1. The largest absolute Gasteiger partial charge is 0.478 e. The van der Waals surface area contributed by atoms with Crippen molar-refractivity contribution in [1.29, 1.82) is 0 Å². The third kappa shape index (κ3) is 2.11. The van der Waals surface area contributed by atoms with Crippen LogP contribution in [-0.4, -0.2) is 18.6 Å². The van der Waals surface area contributed by atoms with Crippen LogP contribution in [0.4, 0.5) is 5.82 Å². The predicted molar refractivity (Wildman–Crippen MR) is 52.7 cm³/mol. The van der Waals surface area contributed by atoms with Crippen molar-refractivity contribution in [2.45, 2.75) is 6.92 Å². The normalized spacial score (nSPS) is 9.58. The molecular weight excluding hydrogens is 220 g/mol. The van der Waals surface area contributed by atoms with E-state index in [1.807, 2.05) is 26.1 Å². The van der Waals surface area contributed by atoms with Crippen LogP contribution in [0.25, 0.3) is 0 Å². The Morgan fingerprint density at radius 1 is 1.58 bits per heavy atom. The maximum atomic E-state index is 5.23. The first-order valence-electron chi connectivity index (χ1n) is 3.75. The molecule has 3 nitrogen and oxygen atoms in total. The van der Waals surface area contributed by atoms with Crippen LogP contribution >= 0.6 is 15.9 Å². The molecule has 0 fully saturated rings. The number of hydrogen-bond donors (Lipinski definition) is 1. The smallest absolute Gasteiger partial charge is 0.215 e. The Hall–Kier alpha value is -0.770. The quantitative estimate of drug-likeness (QED) is 0.866. The standard InChI is InChI=1S/C8H11BrN2O/c1-3-12-7-5-4-6(9)8(10-2)11-7/h4-5H,3H2,1-2H3,(H,10,11). The third-order valence-electron chi connectivity index (χ3n) is 1.35. The average Bonchev–Trinajstić information content (AvgIpc) is 2.09. The molecule has 0 unspecified atom stereocenters. The average molecular weight is 231 g/mol. The second-order valence-corrected chi connectivity index (χ2v) is 3.02. The van der Waals surface area contributed by atoms with Crippen LogP contribution in [0.5, 0.6) is 5.88 Å². The van der Waals surface area contributed by atoms with Gasteiger partial charge >= 0.3 is 0 Å². The Morgan fingerprint density at radius 3 is 2.92 bits per heavy atom. The van der Waals surface area contributed by atoms with E-state index in [-0.39, 0.29) is 0 Å². The van der Waals surface area contributed by atoms with Crippen molar-refractivity contribution in [2.75, 3.05) is 19.0 Å². The molecule has 0 aliphatic rings. The molecule has 1 N–H and O–H groups in total. The Labute approximate surface area is 80.3 Å². The SMILES string of the molecule is CCOc1ccc(Br)c(NC)n1. The Bertz CT molecular complexity index is 265. The van der Waals surface area contributed by atoms with Gasteiger partial charge in [0.15, 0.2) is 0 Å². The first-order valence-corrected chi connectivity index (χ1v) is 4.54. The number of nitrogens with zero attached hydrogens (tertiary/aromatic N) is 1. The van der Waals surface area contributed by atoms with Gasteiger partial charge in [-0.05, 0) is 28.9 Å². The van der Waals surface area contributed by atoms with Crippen molar-refractivity contribution in [3.63, 3.8) is 0 Å². The molecule has 0 aliphatic heterocycles. The van der Waals surface area contributed by atoms with E-state index < -0.39 is 0 Å². The predicted octanol–water partition coefficient (Wildman–Crippen LogP) is 2.28. The van der Waals surface area contributed by atoms with Crippen molar-refractivity contribution in [1.82, 2.24) is 4.98 Å². The number of ether oxygens (including phenoxy) is 1. The molecule has 4 heteroatoms. The van der Waals surface area contributed by atoms with E-state index in [2.05, 4.69) is 26.2 Å². The number of nitrogens with one attached hydrogen (secondary N) is 1. The minimum absolute atomic E-state index is 0.637. The molecular formula is C8H11BrN2O. The zero-order chi connectivity index (χ0) is 8.97. The van der Waals surface area contributed by atoms with Crippen molar-refractivity contribution >= 4 is 21.7 Å². The van der Waals surface area contributed by atoms with Gasteiger partial charge in [-0.1, -0.05) is 0 Å². The second kappa shape index (κ2) is 4.30. The molecule has 66 valence electrons. The van der Waals surface area contributed by atoms with E-state index in [9.17, 15) is 0 Å². The first-order chi connectivity index (χ1) is 5.77. The summed E-state index contributed by atoms with van der Waals surface area (Å²) in [5, 5.41) is 2.96. The fourth-order valence-electron chi connectivity index (χ4n) is 0.828. The summed E-state index contributed by atoms with van der Waals surface area (Å²) in [7, 11) is 1.82. The van der Waals surface area contributed by atoms with E-state index in [4.69, 9.17) is 4.74 Å². The number of rotatable bonds is 3. The molecule has 1 rings (SSSR count). The molecule has 1 aromatic heterocycles. The Balaban J connectivity index is 2.89. The molecule has 0 aromatic carbocycles. The van der Waals surface area contributed by atoms with Gasteiger partial charge in [0.1, 0.15) is 5.82 Å². The van der Waals surface area contributed by atoms with Gasteiger partial charge in [0, 0.05) is 13.1 Å². The van der Waals surface area contributed by atoms with Crippen LogP contribution in [0.3, 0.4) is 0 Å². The minimum atomic E-state index is 0.637. The number of pyridine rings is 1. The molecule has 1 heterocycles. The van der Waals surface area contributed by atoms with Crippen LogP contribution in [0.15, 0.2) is 16.6 Å². The number of aromatic nitrogens is 1. The summed E-state index contributed by atoms with van der Waals surface area (Å²) in [4.78, 5) is 4.20. The maximum Gasteiger partial charge on any atom is 0.215 e. The van der Waals surface area contributed by atoms with Gasteiger partial charge in [-0.15, -0.1) is 0 Å². The fraction of sp³-hybridized carbons (Fsp3) is 0.375. The van der Waals surface area contributed by atoms with E-state index in [1.165, 1.54) is 0 Å². The first kappa shape index (κ1) is 9.32. The fourth-order valence-corrected chi connectivity index (χ4v) is 1.25. The summed E-state index contributed by atoms with van der Waals surface area (Å²) in [5.41, 5.74) is 0. The molecule has 0 amide bonds. The van der Waals surface area contributed by atoms with Crippen LogP contribution < -0.4 is 10.1 Å². The van der Waals surface area contributed by atoms with Crippen molar-refractivity contribution in [3.05, 3.63) is 16.6 Å². The van der Waals surface area contributed by atoms with Crippen LogP contribution in [0.1, 0.15) is 6.92 Å². The molecule has 12 heavy (non-hydrogen) atoms. The van der Waals surface area contributed by atoms with Gasteiger partial charge in [-0.2, -0.15) is 4.98 Å². The molecule has 0 saturated carbocycles. The van der Waals surface area contributed by atoms with Crippen LogP contribution in [0, 0.1) is 0 Å². The summed E-state index contributed by atoms with van der Waals surface area (Å²) in [6, 6.07) is 3.73. The highest BCUT2D eigenvalue weighted by molar-refractivity contribution is 9.10. The Morgan fingerprint density at radius 2 is 2.33 bits per heavy atom. The van der Waals surface area contributed by atoms with E-state index in [0.29, 0.717) is 12.5 Å². The summed E-state index contributed by atoms with van der Waals surface area (Å²) < 4.78 is 6.17. The molecule has 0 bridgehead atoms. The highest BCUT2D eigenvalue weighted by Gasteiger charge is 2.00. The van der Waals surface area contributed by atoms with E-state index in [1.54, 1.807) is 0 Å². The lowest BCUT2D eigenvalue weighted by atomic mass is 10.4. The van der Waals surface area contributed by atoms with E-state index in [0.717, 1.165) is 10.3 Å². The summed E-state index contributed by atoms with van der Waals surface area (Å²) in [6.45, 7) is 2.57. The van der Waals surface area contributed by atoms with Crippen molar-refractivity contribution in [3.8, 4) is 5.88 Å². The zero-order valence-corrected chi connectivity index (χ0v) is 8.68. The van der Waals surface area contributed by atoms with Gasteiger partial charge in [-0.25, -0.2) is 0 Å². The highest BCUT2D eigenvalue weighted by atomic mass is 79.9. The van der Waals surface area contributed by atoms with Crippen LogP contribution in [-0.2, 0) is 0 Å².